The summed E-state index contributed by atoms with van der Waals surface area (Å²) in [7, 11) is 0. The average Bonchev–Trinajstić information content (AvgIpc) is 3.17. The molecule has 0 fully saturated rings. The van der Waals surface area contributed by atoms with Gasteiger partial charge in [-0.25, -0.2) is 9.97 Å². The van der Waals surface area contributed by atoms with Crippen molar-refractivity contribution in [3.63, 3.8) is 0 Å². The predicted molar refractivity (Wildman–Crippen MR) is 97.3 cm³/mol. The molecule has 1 amide bonds. The summed E-state index contributed by atoms with van der Waals surface area (Å²) in [5, 5.41) is 14.7. The molecule has 10 nitrogen and oxygen atoms in total. The number of hydrogen-bond acceptors (Lipinski definition) is 8. The Kier molecular flexibility index (Phi) is 5.47. The minimum atomic E-state index is -0.654. The van der Waals surface area contributed by atoms with E-state index in [2.05, 4.69) is 26.1 Å². The molecule has 0 unspecified atom stereocenters. The molecule has 0 atom stereocenters. The van der Waals surface area contributed by atoms with E-state index in [1.807, 2.05) is 0 Å². The van der Waals surface area contributed by atoms with E-state index in [1.165, 1.54) is 12.3 Å². The van der Waals surface area contributed by atoms with Crippen LogP contribution in [0, 0.1) is 10.1 Å². The highest BCUT2D eigenvalue weighted by Gasteiger charge is 2.23. The number of hydrogen-bond donors (Lipinski definition) is 3. The lowest BCUT2D eigenvalue weighted by Gasteiger charge is -2.10. The number of carbonyl (C=O) groups is 1. The molecular weight excluding hydrogens is 376 g/mol. The first-order valence-electron chi connectivity index (χ1n) is 7.62. The van der Waals surface area contributed by atoms with Crippen LogP contribution in [0.4, 0.5) is 17.3 Å². The van der Waals surface area contributed by atoms with Crippen molar-refractivity contribution in [1.82, 2.24) is 15.4 Å². The Morgan fingerprint density at radius 1 is 1.22 bits per heavy atom. The van der Waals surface area contributed by atoms with Crippen molar-refractivity contribution in [3.05, 3.63) is 75.4 Å². The van der Waals surface area contributed by atoms with Gasteiger partial charge in [0.25, 0.3) is 5.91 Å². The molecule has 2 heterocycles. The minimum Gasteiger partial charge on any atom is -0.467 e. The van der Waals surface area contributed by atoms with Crippen LogP contribution >= 0.6 is 11.6 Å². The van der Waals surface area contributed by atoms with Gasteiger partial charge >= 0.3 is 5.69 Å². The molecule has 0 aliphatic rings. The van der Waals surface area contributed by atoms with Gasteiger partial charge in [-0.15, -0.1) is 0 Å². The predicted octanol–water partition coefficient (Wildman–Crippen LogP) is 3.00. The first-order chi connectivity index (χ1) is 13.0. The van der Waals surface area contributed by atoms with Crippen molar-refractivity contribution >= 4 is 34.8 Å². The molecule has 0 radical (unpaired) electrons. The number of halogens is 1. The number of nitrogens with one attached hydrogen (secondary N) is 3. The maximum Gasteiger partial charge on any atom is 0.354 e. The summed E-state index contributed by atoms with van der Waals surface area (Å²) in [5.74, 6) is -0.152. The number of benzene rings is 1. The highest BCUT2D eigenvalue weighted by atomic mass is 35.5. The number of nitrogens with zero attached hydrogens (tertiary/aromatic N) is 3. The topological polar surface area (TPSA) is 135 Å². The van der Waals surface area contributed by atoms with Crippen LogP contribution in [0.25, 0.3) is 0 Å². The number of carbonyl (C=O) groups excluding carboxylic acids is 1. The van der Waals surface area contributed by atoms with Crippen molar-refractivity contribution in [2.45, 2.75) is 6.54 Å². The fourth-order valence-corrected chi connectivity index (χ4v) is 2.36. The fourth-order valence-electron chi connectivity index (χ4n) is 2.17. The van der Waals surface area contributed by atoms with Crippen LogP contribution in [0.5, 0.6) is 0 Å². The SMILES string of the molecule is O=C(NNc1ncnc(NCc2ccco2)c1[N+](=O)[O-])c1cccc(Cl)c1. The monoisotopic (exact) mass is 388 g/mol. The largest absolute Gasteiger partial charge is 0.467 e. The van der Waals surface area contributed by atoms with E-state index < -0.39 is 16.5 Å². The van der Waals surface area contributed by atoms with Gasteiger partial charge in [0.2, 0.25) is 11.6 Å². The Morgan fingerprint density at radius 3 is 2.74 bits per heavy atom. The van der Waals surface area contributed by atoms with Crippen molar-refractivity contribution in [2.24, 2.45) is 0 Å². The van der Waals surface area contributed by atoms with Crippen molar-refractivity contribution in [1.29, 1.82) is 0 Å². The zero-order valence-electron chi connectivity index (χ0n) is 13.7. The first-order valence-corrected chi connectivity index (χ1v) is 8.00. The third kappa shape index (κ3) is 4.50. The molecule has 0 bridgehead atoms. The van der Waals surface area contributed by atoms with Crippen LogP contribution in [0.15, 0.2) is 53.4 Å². The third-order valence-electron chi connectivity index (χ3n) is 3.40. The molecule has 11 heteroatoms. The normalized spacial score (nSPS) is 10.3. The van der Waals surface area contributed by atoms with Gasteiger partial charge in [-0.2, -0.15) is 0 Å². The molecule has 0 aliphatic heterocycles. The summed E-state index contributed by atoms with van der Waals surface area (Å²) in [5.41, 5.74) is 4.65. The van der Waals surface area contributed by atoms with Gasteiger partial charge in [0.1, 0.15) is 12.1 Å². The van der Waals surface area contributed by atoms with E-state index in [1.54, 1.807) is 30.3 Å². The number of nitro groups is 1. The van der Waals surface area contributed by atoms with Crippen LogP contribution in [0.3, 0.4) is 0 Å². The molecule has 1 aromatic carbocycles. The smallest absolute Gasteiger partial charge is 0.354 e. The third-order valence-corrected chi connectivity index (χ3v) is 3.63. The van der Waals surface area contributed by atoms with Crippen molar-refractivity contribution in [2.75, 3.05) is 10.7 Å². The zero-order valence-corrected chi connectivity index (χ0v) is 14.4. The number of amides is 1. The molecule has 3 rings (SSSR count). The highest BCUT2D eigenvalue weighted by molar-refractivity contribution is 6.30. The van der Waals surface area contributed by atoms with Crippen LogP contribution in [0.1, 0.15) is 16.1 Å². The van der Waals surface area contributed by atoms with Gasteiger partial charge in [-0.05, 0) is 30.3 Å². The van der Waals surface area contributed by atoms with Crippen molar-refractivity contribution < 1.29 is 14.1 Å². The van der Waals surface area contributed by atoms with Gasteiger partial charge in [0.15, 0.2) is 0 Å². The van der Waals surface area contributed by atoms with Gasteiger partial charge in [-0.3, -0.25) is 25.8 Å². The second-order valence-electron chi connectivity index (χ2n) is 5.20. The minimum absolute atomic E-state index is 0.0223. The summed E-state index contributed by atoms with van der Waals surface area (Å²) in [6.45, 7) is 0.194. The van der Waals surface area contributed by atoms with E-state index in [4.69, 9.17) is 16.0 Å². The lowest BCUT2D eigenvalue weighted by molar-refractivity contribution is -0.383. The Labute approximate surface area is 157 Å². The Balaban J connectivity index is 1.75. The van der Waals surface area contributed by atoms with Gasteiger partial charge in [-0.1, -0.05) is 17.7 Å². The first kappa shape index (κ1) is 18.1. The van der Waals surface area contributed by atoms with Crippen LogP contribution in [-0.2, 0) is 6.54 Å². The van der Waals surface area contributed by atoms with Crippen LogP contribution in [-0.4, -0.2) is 20.8 Å². The molecule has 0 aliphatic carbocycles. The lowest BCUT2D eigenvalue weighted by atomic mass is 10.2. The number of hydrazine groups is 1. The molecule has 3 N–H and O–H groups in total. The average molecular weight is 389 g/mol. The second kappa shape index (κ2) is 8.15. The second-order valence-corrected chi connectivity index (χ2v) is 5.64. The standard InChI is InChI=1S/C16H13ClN6O4/c17-11-4-1-3-10(7-11)16(24)22-21-15-13(23(25)26)14(19-9-20-15)18-8-12-5-2-6-27-12/h1-7,9H,8H2,(H,22,24)(H2,18,19,20,21). The molecule has 0 saturated heterocycles. The molecule has 2 aromatic heterocycles. The quantitative estimate of drug-likeness (QED) is 0.415. The molecule has 0 spiro atoms. The van der Waals surface area contributed by atoms with E-state index in [0.29, 0.717) is 10.8 Å². The summed E-state index contributed by atoms with van der Waals surface area (Å²) >= 11 is 5.84. The zero-order chi connectivity index (χ0) is 19.2. The van der Waals surface area contributed by atoms with Crippen LogP contribution in [0.2, 0.25) is 5.02 Å². The summed E-state index contributed by atoms with van der Waals surface area (Å²) < 4.78 is 5.16. The number of anilines is 2. The number of rotatable bonds is 7. The van der Waals surface area contributed by atoms with Gasteiger partial charge in [0.05, 0.1) is 17.7 Å². The molecule has 3 aromatic rings. The van der Waals surface area contributed by atoms with E-state index >= 15 is 0 Å². The van der Waals surface area contributed by atoms with Crippen LogP contribution < -0.4 is 16.2 Å². The van der Waals surface area contributed by atoms with Gasteiger partial charge in [0, 0.05) is 10.6 Å². The molecule has 27 heavy (non-hydrogen) atoms. The maximum absolute atomic E-state index is 12.1. The highest BCUT2D eigenvalue weighted by Crippen LogP contribution is 2.28. The number of furan rings is 1. The summed E-state index contributed by atoms with van der Waals surface area (Å²) in [4.78, 5) is 30.6. The summed E-state index contributed by atoms with van der Waals surface area (Å²) in [6, 6.07) is 9.66. The van der Waals surface area contributed by atoms with E-state index in [9.17, 15) is 14.9 Å². The Morgan fingerprint density at radius 2 is 2.04 bits per heavy atom. The Bertz CT molecular complexity index is 963. The maximum atomic E-state index is 12.1. The number of aromatic nitrogens is 2. The van der Waals surface area contributed by atoms with E-state index in [-0.39, 0.29) is 23.7 Å². The lowest BCUT2D eigenvalue weighted by Crippen LogP contribution is -2.30. The van der Waals surface area contributed by atoms with E-state index in [0.717, 1.165) is 6.33 Å². The Hall–Kier alpha value is -3.66. The molecule has 0 saturated carbocycles. The molecular formula is C16H13ClN6O4. The molecule has 138 valence electrons. The summed E-state index contributed by atoms with van der Waals surface area (Å²) in [6.07, 6.45) is 2.62. The van der Waals surface area contributed by atoms with Gasteiger partial charge < -0.3 is 9.73 Å². The van der Waals surface area contributed by atoms with Crippen molar-refractivity contribution in [3.8, 4) is 0 Å². The fraction of sp³-hybridized carbons (Fsp3) is 0.0625.